The van der Waals surface area contributed by atoms with Crippen LogP contribution in [0.2, 0.25) is 0 Å². The van der Waals surface area contributed by atoms with Gasteiger partial charge < -0.3 is 15.0 Å². The summed E-state index contributed by atoms with van der Waals surface area (Å²) >= 11 is 3.54. The van der Waals surface area contributed by atoms with E-state index in [4.69, 9.17) is 4.74 Å². The Labute approximate surface area is 136 Å². The Morgan fingerprint density at radius 1 is 1.33 bits per heavy atom. The molecule has 118 valence electrons. The zero-order chi connectivity index (χ0) is 15.8. The number of halogens is 1. The molecule has 0 spiro atoms. The van der Waals surface area contributed by atoms with Crippen LogP contribution in [0.1, 0.15) is 33.3 Å². The number of rotatable bonds is 8. The molecule has 0 fully saturated rings. The molecule has 0 aliphatic carbocycles. The molecule has 0 radical (unpaired) electrons. The summed E-state index contributed by atoms with van der Waals surface area (Å²) in [6.45, 7) is 10.4. The van der Waals surface area contributed by atoms with Crippen molar-refractivity contribution in [3.8, 4) is 5.75 Å². The summed E-state index contributed by atoms with van der Waals surface area (Å²) < 4.78 is 6.65. The monoisotopic (exact) mass is 356 g/mol. The molecule has 4 nitrogen and oxygen atoms in total. The van der Waals surface area contributed by atoms with Crippen LogP contribution in [-0.2, 0) is 11.3 Å². The van der Waals surface area contributed by atoms with Crippen LogP contribution in [0.3, 0.4) is 0 Å². The van der Waals surface area contributed by atoms with Gasteiger partial charge in [-0.25, -0.2) is 0 Å². The van der Waals surface area contributed by atoms with E-state index in [-0.39, 0.29) is 12.5 Å². The minimum atomic E-state index is 0.0183. The molecule has 1 amide bonds. The van der Waals surface area contributed by atoms with Gasteiger partial charge in [0.25, 0.3) is 5.91 Å². The maximum atomic E-state index is 11.9. The fraction of sp³-hybridized carbons (Fsp3) is 0.562. The number of carbonyl (C=O) groups is 1. The highest BCUT2D eigenvalue weighted by Crippen LogP contribution is 2.22. The Morgan fingerprint density at radius 2 is 2.00 bits per heavy atom. The zero-order valence-electron chi connectivity index (χ0n) is 13.3. The van der Waals surface area contributed by atoms with Crippen molar-refractivity contribution >= 4 is 21.8 Å². The average Bonchev–Trinajstić information content (AvgIpc) is 2.46. The molecule has 0 atom stereocenters. The average molecular weight is 357 g/mol. The van der Waals surface area contributed by atoms with Crippen molar-refractivity contribution in [2.45, 2.75) is 40.3 Å². The first-order valence-electron chi connectivity index (χ1n) is 7.40. The predicted octanol–water partition coefficient (Wildman–Crippen LogP) is 3.19. The second kappa shape index (κ2) is 9.05. The van der Waals surface area contributed by atoms with E-state index in [0.29, 0.717) is 19.1 Å². The number of hydrogen-bond donors (Lipinski definition) is 1. The van der Waals surface area contributed by atoms with Crippen LogP contribution in [-0.4, -0.2) is 36.5 Å². The first kappa shape index (κ1) is 18.0. The summed E-state index contributed by atoms with van der Waals surface area (Å²) in [7, 11) is 0. The largest absolute Gasteiger partial charge is 0.484 e. The molecule has 1 N–H and O–H groups in total. The van der Waals surface area contributed by atoms with Gasteiger partial charge in [-0.2, -0.15) is 0 Å². The third-order valence-corrected chi connectivity index (χ3v) is 3.97. The number of likely N-dealkylation sites (N-methyl/N-ethyl adjacent to an activating group) is 1. The normalized spacial score (nSPS) is 10.8. The first-order valence-corrected chi connectivity index (χ1v) is 8.19. The molecule has 0 saturated carbocycles. The summed E-state index contributed by atoms with van der Waals surface area (Å²) in [5.41, 5.74) is 1.12. The SMILES string of the molecule is CCN(CC)C(=O)COc1ccc(Br)c(CNC(C)C)c1. The molecule has 0 unspecified atom stereocenters. The van der Waals surface area contributed by atoms with Gasteiger partial charge in [-0.15, -0.1) is 0 Å². The second-order valence-corrected chi connectivity index (χ2v) is 6.00. The summed E-state index contributed by atoms with van der Waals surface area (Å²) in [6, 6.07) is 6.22. The Balaban J connectivity index is 2.63. The lowest BCUT2D eigenvalue weighted by Crippen LogP contribution is -2.34. The van der Waals surface area contributed by atoms with Crippen molar-refractivity contribution in [1.29, 1.82) is 0 Å². The van der Waals surface area contributed by atoms with Crippen LogP contribution in [0.15, 0.2) is 22.7 Å². The van der Waals surface area contributed by atoms with Crippen molar-refractivity contribution in [3.63, 3.8) is 0 Å². The summed E-state index contributed by atoms with van der Waals surface area (Å²) in [6.07, 6.45) is 0. The third kappa shape index (κ3) is 6.06. The molecule has 0 aromatic heterocycles. The number of amides is 1. The highest BCUT2D eigenvalue weighted by Gasteiger charge is 2.11. The van der Waals surface area contributed by atoms with Crippen molar-refractivity contribution in [3.05, 3.63) is 28.2 Å². The molecule has 0 saturated heterocycles. The highest BCUT2D eigenvalue weighted by molar-refractivity contribution is 9.10. The van der Waals surface area contributed by atoms with E-state index in [1.807, 2.05) is 32.0 Å². The Hall–Kier alpha value is -1.07. The molecular weight excluding hydrogens is 332 g/mol. The topological polar surface area (TPSA) is 41.6 Å². The summed E-state index contributed by atoms with van der Waals surface area (Å²) in [5.74, 6) is 0.740. The molecule has 0 aliphatic rings. The molecule has 0 heterocycles. The number of carbonyl (C=O) groups excluding carboxylic acids is 1. The van der Waals surface area contributed by atoms with Crippen molar-refractivity contribution < 1.29 is 9.53 Å². The summed E-state index contributed by atoms with van der Waals surface area (Å²) in [5, 5.41) is 3.37. The van der Waals surface area contributed by atoms with E-state index in [0.717, 1.165) is 22.3 Å². The van der Waals surface area contributed by atoms with E-state index in [9.17, 15) is 4.79 Å². The molecule has 1 rings (SSSR count). The quantitative estimate of drug-likeness (QED) is 0.777. The van der Waals surface area contributed by atoms with Crippen LogP contribution in [0.25, 0.3) is 0 Å². The molecule has 1 aromatic carbocycles. The summed E-state index contributed by atoms with van der Waals surface area (Å²) in [4.78, 5) is 13.7. The molecule has 0 aliphatic heterocycles. The third-order valence-electron chi connectivity index (χ3n) is 3.20. The standard InChI is InChI=1S/C16H25BrN2O2/c1-5-19(6-2)16(20)11-21-14-7-8-15(17)13(9-14)10-18-12(3)4/h7-9,12,18H,5-6,10-11H2,1-4H3. The number of ether oxygens (including phenoxy) is 1. The van der Waals surface area contributed by atoms with Gasteiger partial charge in [0.15, 0.2) is 6.61 Å². The van der Waals surface area contributed by atoms with E-state index in [2.05, 4.69) is 35.1 Å². The van der Waals surface area contributed by atoms with Crippen LogP contribution < -0.4 is 10.1 Å². The Kier molecular flexibility index (Phi) is 7.75. The van der Waals surface area contributed by atoms with Crippen LogP contribution in [0, 0.1) is 0 Å². The van der Waals surface area contributed by atoms with Crippen molar-refractivity contribution in [2.75, 3.05) is 19.7 Å². The number of hydrogen-bond acceptors (Lipinski definition) is 3. The molecule has 5 heteroatoms. The molecular formula is C16H25BrN2O2. The van der Waals surface area contributed by atoms with Gasteiger partial charge in [0, 0.05) is 30.1 Å². The zero-order valence-corrected chi connectivity index (χ0v) is 14.9. The van der Waals surface area contributed by atoms with Crippen molar-refractivity contribution in [2.24, 2.45) is 0 Å². The number of benzene rings is 1. The van der Waals surface area contributed by atoms with Gasteiger partial charge in [-0.05, 0) is 37.6 Å². The Morgan fingerprint density at radius 3 is 2.57 bits per heavy atom. The van der Waals surface area contributed by atoms with Gasteiger partial charge in [-0.1, -0.05) is 29.8 Å². The minimum Gasteiger partial charge on any atom is -0.484 e. The Bertz CT molecular complexity index is 460. The van der Waals surface area contributed by atoms with Crippen molar-refractivity contribution in [1.82, 2.24) is 10.2 Å². The highest BCUT2D eigenvalue weighted by atomic mass is 79.9. The number of nitrogens with one attached hydrogen (secondary N) is 1. The van der Waals surface area contributed by atoms with E-state index < -0.39 is 0 Å². The smallest absolute Gasteiger partial charge is 0.260 e. The maximum Gasteiger partial charge on any atom is 0.260 e. The van der Waals surface area contributed by atoms with Gasteiger partial charge in [0.05, 0.1) is 0 Å². The number of nitrogens with zero attached hydrogens (tertiary/aromatic N) is 1. The lowest BCUT2D eigenvalue weighted by molar-refractivity contribution is -0.132. The van der Waals surface area contributed by atoms with E-state index in [1.54, 1.807) is 4.90 Å². The van der Waals surface area contributed by atoms with Gasteiger partial charge in [-0.3, -0.25) is 4.79 Å². The van der Waals surface area contributed by atoms with E-state index in [1.165, 1.54) is 0 Å². The predicted molar refractivity (Wildman–Crippen MR) is 89.5 cm³/mol. The fourth-order valence-electron chi connectivity index (χ4n) is 1.90. The maximum absolute atomic E-state index is 11.9. The second-order valence-electron chi connectivity index (χ2n) is 5.14. The minimum absolute atomic E-state index is 0.0183. The van der Waals surface area contributed by atoms with Crippen LogP contribution >= 0.6 is 15.9 Å². The molecule has 1 aromatic rings. The lowest BCUT2D eigenvalue weighted by atomic mass is 10.2. The lowest BCUT2D eigenvalue weighted by Gasteiger charge is -2.19. The molecule has 0 bridgehead atoms. The van der Waals surface area contributed by atoms with Gasteiger partial charge in [0.1, 0.15) is 5.75 Å². The fourth-order valence-corrected chi connectivity index (χ4v) is 2.29. The van der Waals surface area contributed by atoms with Gasteiger partial charge in [0.2, 0.25) is 0 Å². The van der Waals surface area contributed by atoms with Crippen LogP contribution in [0.4, 0.5) is 0 Å². The first-order chi connectivity index (χ1) is 9.97. The molecule has 21 heavy (non-hydrogen) atoms. The van der Waals surface area contributed by atoms with E-state index >= 15 is 0 Å². The van der Waals surface area contributed by atoms with Crippen LogP contribution in [0.5, 0.6) is 5.75 Å². The van der Waals surface area contributed by atoms with Gasteiger partial charge >= 0.3 is 0 Å².